The summed E-state index contributed by atoms with van der Waals surface area (Å²) in [5.74, 6) is -1.36. The van der Waals surface area contributed by atoms with Crippen LogP contribution in [0.4, 0.5) is 0 Å². The molecular formula is C14H16BeO10S3. The number of hydrogen-bond donors (Lipinski definition) is 3. The van der Waals surface area contributed by atoms with Crippen molar-refractivity contribution in [2.45, 2.75) is 16.7 Å². The van der Waals surface area contributed by atoms with E-state index in [0.29, 0.717) is 11.6 Å². The van der Waals surface area contributed by atoms with Crippen molar-refractivity contribution < 1.29 is 43.6 Å². The van der Waals surface area contributed by atoms with Gasteiger partial charge in [0.05, 0.1) is 22.2 Å². The van der Waals surface area contributed by atoms with Crippen LogP contribution in [0.3, 0.4) is 0 Å². The van der Waals surface area contributed by atoms with Crippen molar-refractivity contribution in [1.82, 2.24) is 0 Å². The molecule has 10 nitrogen and oxygen atoms in total. The molecule has 14 heteroatoms. The normalized spacial score (nSPS) is 12.5. The van der Waals surface area contributed by atoms with Gasteiger partial charge in [-0.2, -0.15) is 16.8 Å². The fraction of sp³-hybridized carbons (Fsp3) is 0.214. The zero-order valence-corrected chi connectivity index (χ0v) is 17.0. The molecule has 0 heterocycles. The second-order valence-electron chi connectivity index (χ2n) is 5.29. The molecule has 0 amide bonds. The zero-order chi connectivity index (χ0) is 21.9. The van der Waals surface area contributed by atoms with Crippen LogP contribution in [0.15, 0.2) is 34.1 Å². The third-order valence-corrected chi connectivity index (χ3v) is 6.44. The van der Waals surface area contributed by atoms with Crippen LogP contribution in [0, 0.1) is 6.92 Å². The Kier molecular flexibility index (Phi) is 7.59. The van der Waals surface area contributed by atoms with Crippen LogP contribution >= 0.6 is 0 Å². The molecule has 0 unspecified atom stereocenters. The molecule has 0 fully saturated rings. The van der Waals surface area contributed by atoms with Gasteiger partial charge in [0, 0.05) is 5.39 Å². The molecule has 2 aromatic rings. The summed E-state index contributed by atoms with van der Waals surface area (Å²) >= 11 is 0. The molecule has 0 atom stereocenters. The van der Waals surface area contributed by atoms with Gasteiger partial charge in [-0.25, -0.2) is 12.6 Å². The Balaban J connectivity index is 0.00000190. The van der Waals surface area contributed by atoms with Crippen molar-refractivity contribution in [3.63, 3.8) is 0 Å². The molecular weight excluding hydrogens is 433 g/mol. The van der Waals surface area contributed by atoms with Gasteiger partial charge in [0.15, 0.2) is 9.84 Å². The first kappa shape index (κ1) is 24.3. The van der Waals surface area contributed by atoms with E-state index in [-0.39, 0.29) is 10.8 Å². The summed E-state index contributed by atoms with van der Waals surface area (Å²) in [7, 11) is -11.0. The van der Waals surface area contributed by atoms with Gasteiger partial charge < -0.3 is 5.11 Å². The molecule has 0 saturated carbocycles. The monoisotopic (exact) mass is 449 g/mol. The summed E-state index contributed by atoms with van der Waals surface area (Å²) in [6.45, 7) is 0.550. The summed E-state index contributed by atoms with van der Waals surface area (Å²) in [5, 5.41) is 10.0. The molecule has 2 aromatic carbocycles. The van der Waals surface area contributed by atoms with E-state index in [4.69, 9.17) is 4.55 Å². The van der Waals surface area contributed by atoms with E-state index in [1.807, 2.05) is 0 Å². The molecule has 0 aliphatic carbocycles. The average Bonchev–Trinajstić information content (AvgIpc) is 2.57. The van der Waals surface area contributed by atoms with Gasteiger partial charge in [0.1, 0.15) is 5.75 Å². The molecule has 0 radical (unpaired) electrons. The Hall–Kier alpha value is -1.73. The number of sulfone groups is 1. The number of phenolic OH excluding ortho intramolecular Hbond substituents is 1. The summed E-state index contributed by atoms with van der Waals surface area (Å²) in [6.07, 6.45) is 3.00. The van der Waals surface area contributed by atoms with Crippen molar-refractivity contribution in [1.29, 1.82) is 0 Å². The van der Waals surface area contributed by atoms with E-state index in [9.17, 15) is 34.9 Å². The Morgan fingerprint density at radius 2 is 1.61 bits per heavy atom. The predicted octanol–water partition coefficient (Wildman–Crippen LogP) is 0.281. The van der Waals surface area contributed by atoms with E-state index >= 15 is 0 Å². The van der Waals surface area contributed by atoms with Crippen LogP contribution in [-0.2, 0) is 34.5 Å². The van der Waals surface area contributed by atoms with Gasteiger partial charge >= 0.3 is 25.7 Å². The van der Waals surface area contributed by atoms with Gasteiger partial charge in [-0.3, -0.25) is 9.11 Å². The van der Waals surface area contributed by atoms with E-state index in [2.05, 4.69) is 19.5 Å². The van der Waals surface area contributed by atoms with Crippen LogP contribution in [0.1, 0.15) is 5.56 Å². The molecule has 3 N–H and O–H groups in total. The van der Waals surface area contributed by atoms with Crippen LogP contribution < -0.4 is 0 Å². The molecule has 2 rings (SSSR count). The van der Waals surface area contributed by atoms with Crippen LogP contribution in [0.2, 0.25) is 0 Å². The maximum absolute atomic E-state index is 12.5. The van der Waals surface area contributed by atoms with E-state index in [1.165, 1.54) is 19.1 Å². The number of fused-ring (bicyclic) bond motifs is 1. The van der Waals surface area contributed by atoms with Gasteiger partial charge in [-0.05, 0) is 30.0 Å². The van der Waals surface area contributed by atoms with Crippen molar-refractivity contribution >= 4 is 56.5 Å². The molecule has 0 aromatic heterocycles. The molecule has 0 bridgehead atoms. The van der Waals surface area contributed by atoms with Crippen LogP contribution in [0.25, 0.3) is 10.8 Å². The number of benzene rings is 2. The third kappa shape index (κ3) is 5.88. The Morgan fingerprint density at radius 1 is 1.04 bits per heavy atom. The standard InChI is InChI=1S/C13H14O10S3.CH2.Be/c1-8-2-3-9-6-10(25(17,18)19)7-11(12(9)13(8)14)24(15,16)5-4-23-26(20,21)22;;/h2-3,6-7,14H,4-5H2,1H3,(H,17,18,19)(H,20,21,22);1H2;. The van der Waals surface area contributed by atoms with Crippen LogP contribution in [0.5, 0.6) is 5.75 Å². The molecule has 0 aliphatic rings. The summed E-state index contributed by atoms with van der Waals surface area (Å²) < 4.78 is 90.6. The number of aromatic hydroxyl groups is 1. The maximum atomic E-state index is 12.5. The van der Waals surface area contributed by atoms with E-state index in [0.717, 1.165) is 6.07 Å². The second kappa shape index (κ2) is 8.74. The minimum absolute atomic E-state index is 0.0255. The van der Waals surface area contributed by atoms with Gasteiger partial charge in [-0.15, -0.1) is 0 Å². The van der Waals surface area contributed by atoms with Crippen molar-refractivity contribution in [3.05, 3.63) is 29.8 Å². The number of hydrogen-bond acceptors (Lipinski definition) is 8. The summed E-state index contributed by atoms with van der Waals surface area (Å²) in [4.78, 5) is -1.36. The fourth-order valence-electron chi connectivity index (χ4n) is 2.24. The average molecular weight is 449 g/mol. The summed E-state index contributed by atoms with van der Waals surface area (Å²) in [6, 6.07) is 4.41. The van der Waals surface area contributed by atoms with Gasteiger partial charge in [0.25, 0.3) is 10.1 Å². The molecule has 28 heavy (non-hydrogen) atoms. The fourth-order valence-corrected chi connectivity index (χ4v) is 4.61. The first-order valence-electron chi connectivity index (χ1n) is 7.31. The summed E-state index contributed by atoms with van der Waals surface area (Å²) in [5.41, 5.74) is 0.308. The molecule has 0 spiro atoms. The predicted molar refractivity (Wildman–Crippen MR) is 103 cm³/mol. The van der Waals surface area contributed by atoms with E-state index in [1.54, 1.807) is 0 Å². The molecule has 152 valence electrons. The number of aryl methyl sites for hydroxylation is 1. The first-order valence-corrected chi connectivity index (χ1v) is 11.8. The Labute approximate surface area is 164 Å². The zero-order valence-electron chi connectivity index (χ0n) is 14.6. The minimum atomic E-state index is -4.87. The Morgan fingerprint density at radius 3 is 2.11 bits per heavy atom. The Bertz CT molecular complexity index is 1200. The third-order valence-electron chi connectivity index (χ3n) is 3.45. The van der Waals surface area contributed by atoms with Crippen molar-refractivity contribution in [3.8, 4) is 5.75 Å². The topological polar surface area (TPSA) is 172 Å². The SMILES string of the molecule is Cc1ccc2cc(S(=O)(=O)O)cc(S(=O)(=O)CCOS(=O)(=O)O)c2c1O.[Be]=[CH2]. The number of phenols is 1. The van der Waals surface area contributed by atoms with Crippen molar-refractivity contribution in [2.75, 3.05) is 12.4 Å². The van der Waals surface area contributed by atoms with Crippen LogP contribution in [-0.4, -0.2) is 67.2 Å². The quantitative estimate of drug-likeness (QED) is 0.411. The van der Waals surface area contributed by atoms with Gasteiger partial charge in [0.2, 0.25) is 0 Å². The first-order chi connectivity index (χ1) is 12.7. The molecule has 0 saturated heterocycles. The van der Waals surface area contributed by atoms with Crippen molar-refractivity contribution in [2.24, 2.45) is 0 Å². The van der Waals surface area contributed by atoms with E-state index < -0.39 is 58.3 Å². The van der Waals surface area contributed by atoms with Gasteiger partial charge in [-0.1, -0.05) is 12.1 Å². The molecule has 0 aliphatic heterocycles. The second-order valence-corrected chi connectivity index (χ2v) is 9.88. The number of rotatable bonds is 6.